The summed E-state index contributed by atoms with van der Waals surface area (Å²) in [5, 5.41) is 4.31. The van der Waals surface area contributed by atoms with Gasteiger partial charge in [-0.3, -0.25) is 9.48 Å². The Morgan fingerprint density at radius 2 is 2.03 bits per heavy atom. The third-order valence-corrected chi connectivity index (χ3v) is 5.98. The lowest BCUT2D eigenvalue weighted by atomic mass is 9.98. The minimum atomic E-state index is -0.355. The molecule has 0 aliphatic carbocycles. The molecule has 0 bridgehead atoms. The van der Waals surface area contributed by atoms with Crippen LogP contribution in [0.3, 0.4) is 0 Å². The summed E-state index contributed by atoms with van der Waals surface area (Å²) in [6, 6.07) is 4.47. The van der Waals surface area contributed by atoms with Crippen LogP contribution in [-0.2, 0) is 11.8 Å². The normalized spacial score (nSPS) is 23.3. The van der Waals surface area contributed by atoms with Crippen molar-refractivity contribution in [1.82, 2.24) is 19.6 Å². The van der Waals surface area contributed by atoms with Crippen LogP contribution < -0.4 is 0 Å². The molecule has 1 aromatic carbocycles. The summed E-state index contributed by atoms with van der Waals surface area (Å²) in [5.74, 6) is -0.517. The first-order valence-corrected chi connectivity index (χ1v) is 10.4. The molecule has 2 saturated heterocycles. The van der Waals surface area contributed by atoms with Gasteiger partial charge in [-0.25, -0.2) is 4.39 Å². The average molecular weight is 400 g/mol. The fourth-order valence-corrected chi connectivity index (χ4v) is 4.39. The zero-order valence-corrected chi connectivity index (χ0v) is 17.2. The number of hydrogen-bond donors (Lipinski definition) is 0. The summed E-state index contributed by atoms with van der Waals surface area (Å²) < 4.78 is 22.0. The van der Waals surface area contributed by atoms with Crippen LogP contribution in [-0.4, -0.2) is 64.4 Å². The molecular formula is C22H29FN4O2. The van der Waals surface area contributed by atoms with Crippen LogP contribution in [0.25, 0.3) is 0 Å². The molecule has 4 rings (SSSR count). The van der Waals surface area contributed by atoms with E-state index in [9.17, 15) is 9.18 Å². The Balaban J connectivity index is 1.63. The molecule has 2 atom stereocenters. The highest BCUT2D eigenvalue weighted by Gasteiger charge is 2.38. The predicted molar refractivity (Wildman–Crippen MR) is 108 cm³/mol. The van der Waals surface area contributed by atoms with Crippen molar-refractivity contribution in [3.8, 4) is 0 Å². The second-order valence-electron chi connectivity index (χ2n) is 8.13. The van der Waals surface area contributed by atoms with Crippen molar-refractivity contribution in [3.63, 3.8) is 0 Å². The highest BCUT2D eigenvalue weighted by molar-refractivity contribution is 5.94. The Morgan fingerprint density at radius 1 is 1.24 bits per heavy atom. The molecule has 1 amide bonds. The number of likely N-dealkylation sites (tertiary alicyclic amines) is 1. The van der Waals surface area contributed by atoms with E-state index in [1.165, 1.54) is 25.3 Å². The molecule has 2 aromatic rings. The van der Waals surface area contributed by atoms with E-state index < -0.39 is 0 Å². The van der Waals surface area contributed by atoms with Gasteiger partial charge in [0.25, 0.3) is 5.91 Å². The van der Waals surface area contributed by atoms with Gasteiger partial charge >= 0.3 is 0 Å². The van der Waals surface area contributed by atoms with Gasteiger partial charge in [-0.1, -0.05) is 12.5 Å². The summed E-state index contributed by atoms with van der Waals surface area (Å²) in [7, 11) is 1.87. The van der Waals surface area contributed by atoms with Crippen molar-refractivity contribution in [2.75, 3.05) is 32.8 Å². The van der Waals surface area contributed by atoms with Gasteiger partial charge in [-0.2, -0.15) is 5.10 Å². The summed E-state index contributed by atoms with van der Waals surface area (Å²) in [6.07, 6.45) is 7.30. The van der Waals surface area contributed by atoms with Crippen molar-refractivity contribution in [1.29, 1.82) is 0 Å². The smallest absolute Gasteiger partial charge is 0.254 e. The molecule has 6 nitrogen and oxygen atoms in total. The SMILES string of the molecule is Cc1ccc(C(=O)N2CCO[C@@H](CN3CCCCC3)[C@@H]2c2cnn(C)c2)cc1F. The number of ether oxygens (including phenoxy) is 1. The molecule has 0 spiro atoms. The van der Waals surface area contributed by atoms with Gasteiger partial charge in [0.15, 0.2) is 0 Å². The van der Waals surface area contributed by atoms with Crippen molar-refractivity contribution >= 4 is 5.91 Å². The number of carbonyl (C=O) groups excluding carboxylic acids is 1. The van der Waals surface area contributed by atoms with Gasteiger partial charge in [0.2, 0.25) is 0 Å². The van der Waals surface area contributed by atoms with Gasteiger partial charge < -0.3 is 14.5 Å². The fourth-order valence-electron chi connectivity index (χ4n) is 4.39. The van der Waals surface area contributed by atoms with E-state index >= 15 is 0 Å². The Labute approximate surface area is 171 Å². The molecular weight excluding hydrogens is 371 g/mol. The van der Waals surface area contributed by atoms with Crippen molar-refractivity contribution in [2.24, 2.45) is 7.05 Å². The van der Waals surface area contributed by atoms with Gasteiger partial charge in [-0.15, -0.1) is 0 Å². The summed E-state index contributed by atoms with van der Waals surface area (Å²) >= 11 is 0. The monoisotopic (exact) mass is 400 g/mol. The summed E-state index contributed by atoms with van der Waals surface area (Å²) in [6.45, 7) is 5.57. The van der Waals surface area contributed by atoms with Crippen LogP contribution in [0.4, 0.5) is 4.39 Å². The first-order chi connectivity index (χ1) is 14.0. The number of piperidine rings is 1. The Hall–Kier alpha value is -2.25. The van der Waals surface area contributed by atoms with Crippen LogP contribution in [0.15, 0.2) is 30.6 Å². The largest absolute Gasteiger partial charge is 0.373 e. The molecule has 2 aliphatic rings. The maximum absolute atomic E-state index is 14.1. The molecule has 0 unspecified atom stereocenters. The molecule has 0 radical (unpaired) electrons. The van der Waals surface area contributed by atoms with Gasteiger partial charge in [0.1, 0.15) is 5.82 Å². The van der Waals surface area contributed by atoms with Crippen LogP contribution in [0.1, 0.15) is 46.8 Å². The number of aromatic nitrogens is 2. The van der Waals surface area contributed by atoms with Gasteiger partial charge in [0, 0.05) is 37.5 Å². The van der Waals surface area contributed by atoms with Crippen LogP contribution in [0.2, 0.25) is 0 Å². The molecule has 2 fully saturated rings. The number of halogens is 1. The van der Waals surface area contributed by atoms with Crippen LogP contribution in [0.5, 0.6) is 0 Å². The Bertz CT molecular complexity index is 862. The van der Waals surface area contributed by atoms with E-state index in [0.29, 0.717) is 24.3 Å². The zero-order chi connectivity index (χ0) is 20.4. The molecule has 156 valence electrons. The lowest BCUT2D eigenvalue weighted by Crippen LogP contribution is -2.52. The highest BCUT2D eigenvalue weighted by Crippen LogP contribution is 2.32. The Morgan fingerprint density at radius 3 is 2.72 bits per heavy atom. The minimum Gasteiger partial charge on any atom is -0.373 e. The average Bonchev–Trinajstić information content (AvgIpc) is 3.16. The number of benzene rings is 1. The number of hydrogen-bond acceptors (Lipinski definition) is 4. The van der Waals surface area contributed by atoms with Crippen LogP contribution in [0, 0.1) is 12.7 Å². The first-order valence-electron chi connectivity index (χ1n) is 10.4. The molecule has 29 heavy (non-hydrogen) atoms. The van der Waals surface area contributed by atoms with Gasteiger partial charge in [-0.05, 0) is 50.6 Å². The number of nitrogens with zero attached hydrogens (tertiary/aromatic N) is 4. The topological polar surface area (TPSA) is 50.6 Å². The summed E-state index contributed by atoms with van der Waals surface area (Å²) in [4.78, 5) is 17.6. The fraction of sp³-hybridized carbons (Fsp3) is 0.545. The highest BCUT2D eigenvalue weighted by atomic mass is 19.1. The number of amides is 1. The molecule has 2 aliphatic heterocycles. The second kappa shape index (κ2) is 8.63. The second-order valence-corrected chi connectivity index (χ2v) is 8.13. The zero-order valence-electron chi connectivity index (χ0n) is 17.2. The number of carbonyl (C=O) groups is 1. The maximum Gasteiger partial charge on any atom is 0.254 e. The molecule has 3 heterocycles. The van der Waals surface area contributed by atoms with E-state index in [4.69, 9.17) is 4.74 Å². The number of morpholine rings is 1. The minimum absolute atomic E-state index is 0.134. The van der Waals surface area contributed by atoms with Gasteiger partial charge in [0.05, 0.1) is 24.9 Å². The third kappa shape index (κ3) is 4.36. The number of rotatable bonds is 4. The molecule has 1 aromatic heterocycles. The van der Waals surface area contributed by atoms with E-state index in [-0.39, 0.29) is 23.9 Å². The van der Waals surface area contributed by atoms with Crippen LogP contribution >= 0.6 is 0 Å². The quantitative estimate of drug-likeness (QED) is 0.792. The van der Waals surface area contributed by atoms with E-state index in [0.717, 1.165) is 25.2 Å². The third-order valence-electron chi connectivity index (χ3n) is 5.98. The van der Waals surface area contributed by atoms with Crippen molar-refractivity contribution in [2.45, 2.75) is 38.3 Å². The van der Waals surface area contributed by atoms with E-state index in [2.05, 4.69) is 10.00 Å². The molecule has 0 N–H and O–H groups in total. The standard InChI is InChI=1S/C22H29FN4O2/c1-16-6-7-17(12-19(16)23)22(28)27-10-11-29-20(15-26-8-4-3-5-9-26)21(27)18-13-24-25(2)14-18/h6-7,12-14,20-21H,3-5,8-11,15H2,1-2H3/t20-,21-/m0/s1. The molecule has 7 heteroatoms. The Kier molecular flexibility index (Phi) is 5.96. The summed E-state index contributed by atoms with van der Waals surface area (Å²) in [5.41, 5.74) is 1.87. The lowest BCUT2D eigenvalue weighted by molar-refractivity contribution is -0.0741. The number of aryl methyl sites for hydroxylation is 2. The van der Waals surface area contributed by atoms with E-state index in [1.807, 2.05) is 18.1 Å². The van der Waals surface area contributed by atoms with E-state index in [1.54, 1.807) is 29.9 Å². The lowest BCUT2D eigenvalue weighted by Gasteiger charge is -2.43. The van der Waals surface area contributed by atoms with Crippen molar-refractivity contribution < 1.29 is 13.9 Å². The maximum atomic E-state index is 14.1. The first kappa shape index (κ1) is 20.0. The molecule has 0 saturated carbocycles. The van der Waals surface area contributed by atoms with Crippen molar-refractivity contribution in [3.05, 3.63) is 53.1 Å². The predicted octanol–water partition coefficient (Wildman–Crippen LogP) is 2.94.